The van der Waals surface area contributed by atoms with Gasteiger partial charge in [-0.15, -0.1) is 0 Å². The molecule has 2 aromatic heterocycles. The highest BCUT2D eigenvalue weighted by Gasteiger charge is 2.29. The molecule has 2 rings (SSSR count). The first-order chi connectivity index (χ1) is 9.30. The van der Waals surface area contributed by atoms with Crippen LogP contribution in [0.1, 0.15) is 41.6 Å². The van der Waals surface area contributed by atoms with Crippen molar-refractivity contribution < 1.29 is 19.1 Å². The summed E-state index contributed by atoms with van der Waals surface area (Å²) < 4.78 is 5.12. The molecule has 104 valence electrons. The number of aromatic nitrogens is 2. The zero-order valence-corrected chi connectivity index (χ0v) is 11.4. The summed E-state index contributed by atoms with van der Waals surface area (Å²) in [6.45, 7) is 5.13. The molecule has 0 unspecified atom stereocenters. The molecule has 0 aromatic carbocycles. The summed E-state index contributed by atoms with van der Waals surface area (Å²) in [5, 5.41) is 9.23. The lowest BCUT2D eigenvalue weighted by atomic mass is 9.86. The summed E-state index contributed by atoms with van der Waals surface area (Å²) in [5.74, 6) is -1.10. The number of rotatable bonds is 3. The van der Waals surface area contributed by atoms with E-state index in [0.717, 1.165) is 0 Å². The van der Waals surface area contributed by atoms with Gasteiger partial charge in [0.15, 0.2) is 23.1 Å². The Bertz CT molecular complexity index is 654. The Labute approximate surface area is 115 Å². The van der Waals surface area contributed by atoms with E-state index < -0.39 is 11.4 Å². The summed E-state index contributed by atoms with van der Waals surface area (Å²) in [6, 6.07) is 3.26. The molecule has 2 aromatic rings. The summed E-state index contributed by atoms with van der Waals surface area (Å²) in [7, 11) is 0. The number of ketones is 1. The van der Waals surface area contributed by atoms with Gasteiger partial charge in [0.25, 0.3) is 0 Å². The predicted octanol–water partition coefficient (Wildman–Crippen LogP) is 2.66. The molecule has 0 radical (unpaired) electrons. The zero-order chi connectivity index (χ0) is 14.9. The van der Waals surface area contributed by atoms with E-state index in [1.807, 2.05) is 0 Å². The smallest absolute Gasteiger partial charge is 0.355 e. The Morgan fingerprint density at radius 2 is 2.00 bits per heavy atom. The van der Waals surface area contributed by atoms with Gasteiger partial charge < -0.3 is 9.52 Å². The maximum atomic E-state index is 12.2. The molecular weight excluding hydrogens is 260 g/mol. The Morgan fingerprint density at radius 1 is 1.30 bits per heavy atom. The van der Waals surface area contributed by atoms with E-state index in [0.29, 0.717) is 5.76 Å². The van der Waals surface area contributed by atoms with Gasteiger partial charge in [0.2, 0.25) is 0 Å². The van der Waals surface area contributed by atoms with Crippen LogP contribution in [0.3, 0.4) is 0 Å². The Kier molecular flexibility index (Phi) is 3.40. The Morgan fingerprint density at radius 3 is 2.50 bits per heavy atom. The van der Waals surface area contributed by atoms with Gasteiger partial charge in [-0.1, -0.05) is 20.8 Å². The molecule has 0 aliphatic rings. The number of hydrogen-bond acceptors (Lipinski definition) is 5. The van der Waals surface area contributed by atoms with Crippen molar-refractivity contribution in [1.82, 2.24) is 9.97 Å². The van der Waals surface area contributed by atoms with Crippen molar-refractivity contribution in [3.8, 4) is 11.6 Å². The molecule has 0 fully saturated rings. The molecule has 0 aliphatic carbocycles. The highest BCUT2D eigenvalue weighted by atomic mass is 16.4. The number of furan rings is 1. The van der Waals surface area contributed by atoms with Gasteiger partial charge in [-0.25, -0.2) is 14.8 Å². The van der Waals surface area contributed by atoms with Crippen molar-refractivity contribution in [2.45, 2.75) is 20.8 Å². The first-order valence-electron chi connectivity index (χ1n) is 5.99. The largest absolute Gasteiger partial charge is 0.476 e. The van der Waals surface area contributed by atoms with Crippen molar-refractivity contribution in [1.29, 1.82) is 0 Å². The highest BCUT2D eigenvalue weighted by molar-refractivity contribution is 6.06. The van der Waals surface area contributed by atoms with E-state index in [-0.39, 0.29) is 22.9 Å². The fourth-order valence-electron chi connectivity index (χ4n) is 1.64. The maximum Gasteiger partial charge on any atom is 0.355 e. The van der Waals surface area contributed by atoms with Crippen LogP contribution in [0.15, 0.2) is 29.0 Å². The quantitative estimate of drug-likeness (QED) is 0.865. The van der Waals surface area contributed by atoms with Crippen molar-refractivity contribution in [3.05, 3.63) is 35.9 Å². The highest BCUT2D eigenvalue weighted by Crippen LogP contribution is 2.24. The molecule has 0 amide bonds. The third-order valence-corrected chi connectivity index (χ3v) is 2.66. The average molecular weight is 274 g/mol. The van der Waals surface area contributed by atoms with Crippen LogP contribution in [0.2, 0.25) is 0 Å². The number of aromatic carboxylic acids is 1. The van der Waals surface area contributed by atoms with Crippen molar-refractivity contribution in [3.63, 3.8) is 0 Å². The van der Waals surface area contributed by atoms with Crippen LogP contribution in [0.5, 0.6) is 0 Å². The maximum absolute atomic E-state index is 12.2. The molecule has 6 heteroatoms. The van der Waals surface area contributed by atoms with Crippen LogP contribution >= 0.6 is 0 Å². The van der Waals surface area contributed by atoms with Crippen LogP contribution in [0.4, 0.5) is 0 Å². The number of Topliss-reactive ketones (excluding diaryl/α,β-unsaturated/α-hetero) is 1. The average Bonchev–Trinajstić information content (AvgIpc) is 2.89. The number of carboxylic acid groups (broad SMARTS) is 1. The molecular formula is C14H14N2O4. The van der Waals surface area contributed by atoms with Crippen LogP contribution in [0.25, 0.3) is 11.6 Å². The van der Waals surface area contributed by atoms with E-state index in [2.05, 4.69) is 9.97 Å². The third-order valence-electron chi connectivity index (χ3n) is 2.66. The second-order valence-electron chi connectivity index (χ2n) is 5.32. The van der Waals surface area contributed by atoms with E-state index in [1.54, 1.807) is 32.9 Å². The number of carbonyl (C=O) groups excluding carboxylic acids is 1. The Hall–Kier alpha value is -2.50. The van der Waals surface area contributed by atoms with Crippen molar-refractivity contribution >= 4 is 11.8 Å². The standard InChI is InChI=1S/C14H14N2O4/c1-14(2,3)11(17)8-7-15-12(9-5-4-6-20-9)16-10(8)13(18)19/h4-7H,1-3H3,(H,18,19). The number of hydrogen-bond donors (Lipinski definition) is 1. The summed E-state index contributed by atoms with van der Waals surface area (Å²) in [5.41, 5.74) is -1.02. The van der Waals surface area contributed by atoms with Gasteiger partial charge in [0.05, 0.1) is 11.8 Å². The number of nitrogens with zero attached hydrogens (tertiary/aromatic N) is 2. The van der Waals surface area contributed by atoms with Crippen LogP contribution in [-0.2, 0) is 0 Å². The van der Waals surface area contributed by atoms with Gasteiger partial charge in [-0.05, 0) is 12.1 Å². The second-order valence-corrected chi connectivity index (χ2v) is 5.32. The fraction of sp³-hybridized carbons (Fsp3) is 0.286. The fourth-order valence-corrected chi connectivity index (χ4v) is 1.64. The minimum Gasteiger partial charge on any atom is -0.476 e. The monoisotopic (exact) mass is 274 g/mol. The predicted molar refractivity (Wildman–Crippen MR) is 70.5 cm³/mol. The van der Waals surface area contributed by atoms with Gasteiger partial charge in [-0.3, -0.25) is 4.79 Å². The Balaban J connectivity index is 2.55. The molecule has 2 heterocycles. The number of carbonyl (C=O) groups is 2. The topological polar surface area (TPSA) is 93.3 Å². The molecule has 0 atom stereocenters. The van der Waals surface area contributed by atoms with Crippen molar-refractivity contribution in [2.24, 2.45) is 5.41 Å². The number of carboxylic acids is 1. The summed E-state index contributed by atoms with van der Waals surface area (Å²) in [6.07, 6.45) is 2.68. The van der Waals surface area contributed by atoms with Gasteiger partial charge >= 0.3 is 5.97 Å². The molecule has 0 bridgehead atoms. The van der Waals surface area contributed by atoms with Gasteiger partial charge in [0.1, 0.15) is 0 Å². The molecule has 6 nitrogen and oxygen atoms in total. The molecule has 0 saturated carbocycles. The van der Waals surface area contributed by atoms with E-state index in [9.17, 15) is 14.7 Å². The normalized spacial score (nSPS) is 11.3. The van der Waals surface area contributed by atoms with Crippen LogP contribution < -0.4 is 0 Å². The van der Waals surface area contributed by atoms with Crippen LogP contribution in [0, 0.1) is 5.41 Å². The molecule has 0 aliphatic heterocycles. The van der Waals surface area contributed by atoms with Gasteiger partial charge in [-0.2, -0.15) is 0 Å². The molecule has 1 N–H and O–H groups in total. The first-order valence-corrected chi connectivity index (χ1v) is 5.99. The summed E-state index contributed by atoms with van der Waals surface area (Å²) in [4.78, 5) is 31.5. The lowest BCUT2D eigenvalue weighted by molar-refractivity contribution is 0.0680. The van der Waals surface area contributed by atoms with Crippen molar-refractivity contribution in [2.75, 3.05) is 0 Å². The minimum absolute atomic E-state index is 0.000283. The first kappa shape index (κ1) is 13.9. The second kappa shape index (κ2) is 4.88. The lowest BCUT2D eigenvalue weighted by Gasteiger charge is -2.17. The van der Waals surface area contributed by atoms with Gasteiger partial charge in [0, 0.05) is 11.6 Å². The van der Waals surface area contributed by atoms with E-state index in [4.69, 9.17) is 4.42 Å². The molecule has 0 spiro atoms. The molecule has 20 heavy (non-hydrogen) atoms. The zero-order valence-electron chi connectivity index (χ0n) is 11.4. The van der Waals surface area contributed by atoms with E-state index >= 15 is 0 Å². The van der Waals surface area contributed by atoms with Crippen LogP contribution in [-0.4, -0.2) is 26.8 Å². The van der Waals surface area contributed by atoms with E-state index in [1.165, 1.54) is 12.5 Å². The summed E-state index contributed by atoms with van der Waals surface area (Å²) >= 11 is 0. The SMILES string of the molecule is CC(C)(C)C(=O)c1cnc(-c2ccco2)nc1C(=O)O. The third kappa shape index (κ3) is 2.59. The lowest BCUT2D eigenvalue weighted by Crippen LogP contribution is -2.24. The minimum atomic E-state index is -1.27. The molecule has 0 saturated heterocycles.